The second kappa shape index (κ2) is 3.72. The highest BCUT2D eigenvalue weighted by Crippen LogP contribution is 2.07. The Hall–Kier alpha value is -0.130. The minimum absolute atomic E-state index is 0.0786. The summed E-state index contributed by atoms with van der Waals surface area (Å²) in [5.74, 6) is 0.227. The molecule has 0 aromatic rings. The van der Waals surface area contributed by atoms with Gasteiger partial charge in [-0.3, -0.25) is 0 Å². The van der Waals surface area contributed by atoms with Gasteiger partial charge in [-0.25, -0.2) is 8.42 Å². The van der Waals surface area contributed by atoms with Crippen LogP contribution in [-0.4, -0.2) is 44.2 Å². The maximum absolute atomic E-state index is 11.5. The molecule has 0 aliphatic carbocycles. The second-order valence-electron chi connectivity index (χ2n) is 3.27. The molecule has 1 rings (SSSR count). The van der Waals surface area contributed by atoms with Gasteiger partial charge in [0.05, 0.1) is 5.75 Å². The van der Waals surface area contributed by atoms with E-state index in [1.807, 2.05) is 13.8 Å². The smallest absolute Gasteiger partial charge is 0.215 e. The predicted octanol–water partition coefficient (Wildman–Crippen LogP) is -0.370. The number of sulfonamides is 1. The zero-order valence-electron chi connectivity index (χ0n) is 7.58. The Morgan fingerprint density at radius 3 is 2.58 bits per heavy atom. The van der Waals surface area contributed by atoms with Crippen LogP contribution in [0.4, 0.5) is 0 Å². The highest BCUT2D eigenvalue weighted by molar-refractivity contribution is 7.89. The molecule has 1 aliphatic heterocycles. The van der Waals surface area contributed by atoms with Crippen LogP contribution >= 0.6 is 0 Å². The lowest BCUT2D eigenvalue weighted by Crippen LogP contribution is -2.38. The van der Waals surface area contributed by atoms with E-state index in [1.165, 1.54) is 0 Å². The van der Waals surface area contributed by atoms with Crippen molar-refractivity contribution in [3.05, 3.63) is 0 Å². The van der Waals surface area contributed by atoms with Gasteiger partial charge in [-0.15, -0.1) is 0 Å². The van der Waals surface area contributed by atoms with Crippen molar-refractivity contribution >= 4 is 10.0 Å². The summed E-state index contributed by atoms with van der Waals surface area (Å²) in [5.41, 5.74) is 0. The topological polar surface area (TPSA) is 49.4 Å². The van der Waals surface area contributed by atoms with Crippen molar-refractivity contribution in [2.45, 2.75) is 19.9 Å². The van der Waals surface area contributed by atoms with E-state index in [1.54, 1.807) is 4.31 Å². The van der Waals surface area contributed by atoms with Crippen molar-refractivity contribution in [2.24, 2.45) is 0 Å². The molecule has 0 bridgehead atoms. The second-order valence-corrected chi connectivity index (χ2v) is 5.31. The van der Waals surface area contributed by atoms with E-state index >= 15 is 0 Å². The summed E-state index contributed by atoms with van der Waals surface area (Å²) in [5, 5.41) is 3.07. The number of nitrogens with zero attached hydrogens (tertiary/aromatic N) is 1. The maximum Gasteiger partial charge on any atom is 0.215 e. The first-order valence-electron chi connectivity index (χ1n) is 4.24. The summed E-state index contributed by atoms with van der Waals surface area (Å²) in [7, 11) is -2.99. The number of hydrogen-bond acceptors (Lipinski definition) is 3. The molecule has 0 saturated carbocycles. The van der Waals surface area contributed by atoms with E-state index in [0.29, 0.717) is 13.1 Å². The summed E-state index contributed by atoms with van der Waals surface area (Å²) in [6.45, 7) is 5.74. The van der Waals surface area contributed by atoms with Crippen LogP contribution in [0.3, 0.4) is 0 Å². The maximum atomic E-state index is 11.5. The van der Waals surface area contributed by atoms with Crippen molar-refractivity contribution in [3.8, 4) is 0 Å². The molecule has 1 fully saturated rings. The lowest BCUT2D eigenvalue weighted by molar-refractivity contribution is 0.362. The highest BCUT2D eigenvalue weighted by atomic mass is 32.2. The lowest BCUT2D eigenvalue weighted by Gasteiger charge is -2.22. The zero-order chi connectivity index (χ0) is 9.19. The summed E-state index contributed by atoms with van der Waals surface area (Å²) >= 11 is 0. The molecule has 0 atom stereocenters. The molecular weight excluding hydrogens is 176 g/mol. The van der Waals surface area contributed by atoms with Crippen LogP contribution in [-0.2, 0) is 10.0 Å². The molecule has 0 aromatic carbocycles. The third-order valence-electron chi connectivity index (χ3n) is 1.98. The van der Waals surface area contributed by atoms with E-state index in [9.17, 15) is 8.42 Å². The monoisotopic (exact) mass is 192 g/mol. The van der Waals surface area contributed by atoms with E-state index < -0.39 is 10.0 Å². The fraction of sp³-hybridized carbons (Fsp3) is 1.00. The van der Waals surface area contributed by atoms with Gasteiger partial charge in [0.1, 0.15) is 0 Å². The minimum atomic E-state index is -2.99. The van der Waals surface area contributed by atoms with Gasteiger partial charge in [-0.1, -0.05) is 0 Å². The molecule has 0 aromatic heterocycles. The molecule has 0 unspecified atom stereocenters. The van der Waals surface area contributed by atoms with Gasteiger partial charge in [0.25, 0.3) is 0 Å². The van der Waals surface area contributed by atoms with Gasteiger partial charge in [0, 0.05) is 25.7 Å². The summed E-state index contributed by atoms with van der Waals surface area (Å²) in [6.07, 6.45) is 0. The van der Waals surface area contributed by atoms with Gasteiger partial charge in [0.2, 0.25) is 10.0 Å². The van der Waals surface area contributed by atoms with E-state index in [4.69, 9.17) is 0 Å². The van der Waals surface area contributed by atoms with Crippen LogP contribution in [0, 0.1) is 0 Å². The Labute approximate surface area is 74.0 Å². The Morgan fingerprint density at radius 1 is 1.33 bits per heavy atom. The van der Waals surface area contributed by atoms with Crippen molar-refractivity contribution in [3.63, 3.8) is 0 Å². The Balaban J connectivity index is 2.80. The normalized spacial score (nSPS) is 25.6. The quantitative estimate of drug-likeness (QED) is 0.616. The number of nitrogens with one attached hydrogen (secondary N) is 1. The zero-order valence-corrected chi connectivity index (χ0v) is 8.39. The van der Waals surface area contributed by atoms with Gasteiger partial charge in [-0.05, 0) is 13.8 Å². The Bertz CT molecular complexity index is 236. The van der Waals surface area contributed by atoms with Gasteiger partial charge >= 0.3 is 0 Å². The summed E-state index contributed by atoms with van der Waals surface area (Å²) in [4.78, 5) is 0. The lowest BCUT2D eigenvalue weighted by atomic mass is 10.4. The van der Waals surface area contributed by atoms with Crippen LogP contribution in [0.1, 0.15) is 13.8 Å². The van der Waals surface area contributed by atoms with Crippen LogP contribution in [0.15, 0.2) is 0 Å². The van der Waals surface area contributed by atoms with E-state index in [0.717, 1.165) is 6.54 Å². The van der Waals surface area contributed by atoms with Gasteiger partial charge in [0.15, 0.2) is 0 Å². The molecule has 1 heterocycles. The highest BCUT2D eigenvalue weighted by Gasteiger charge is 2.25. The van der Waals surface area contributed by atoms with Crippen LogP contribution in [0.25, 0.3) is 0 Å². The van der Waals surface area contributed by atoms with Crippen molar-refractivity contribution in [1.29, 1.82) is 0 Å². The van der Waals surface area contributed by atoms with E-state index in [2.05, 4.69) is 5.32 Å². The summed E-state index contributed by atoms with van der Waals surface area (Å²) < 4.78 is 24.6. The third kappa shape index (κ3) is 2.18. The number of hydrogen-bond donors (Lipinski definition) is 1. The van der Waals surface area contributed by atoms with Crippen molar-refractivity contribution < 1.29 is 8.42 Å². The Kier molecular flexibility index (Phi) is 3.09. The Morgan fingerprint density at radius 2 is 2.00 bits per heavy atom. The first-order valence-corrected chi connectivity index (χ1v) is 5.85. The standard InChI is InChI=1S/C7H16N2O2S/c1-7(2)9-5-3-8-4-6-12(9,10)11/h7-8H,3-6H2,1-2H3. The van der Waals surface area contributed by atoms with Gasteiger partial charge in [-0.2, -0.15) is 4.31 Å². The van der Waals surface area contributed by atoms with Gasteiger partial charge < -0.3 is 5.32 Å². The molecule has 0 spiro atoms. The molecule has 0 amide bonds. The van der Waals surface area contributed by atoms with Crippen LogP contribution < -0.4 is 5.32 Å². The average molecular weight is 192 g/mol. The molecule has 0 radical (unpaired) electrons. The van der Waals surface area contributed by atoms with Crippen LogP contribution in [0.5, 0.6) is 0 Å². The first kappa shape index (κ1) is 9.95. The molecule has 1 saturated heterocycles. The SMILES string of the molecule is CC(C)N1CCNCCS1(=O)=O. The van der Waals surface area contributed by atoms with E-state index in [-0.39, 0.29) is 11.8 Å². The average Bonchev–Trinajstić information content (AvgIpc) is 2.09. The van der Waals surface area contributed by atoms with Crippen molar-refractivity contribution in [1.82, 2.24) is 9.62 Å². The molecule has 72 valence electrons. The molecule has 1 aliphatic rings. The summed E-state index contributed by atoms with van der Waals surface area (Å²) in [6, 6.07) is 0.0786. The van der Waals surface area contributed by atoms with Crippen LogP contribution in [0.2, 0.25) is 0 Å². The molecule has 5 heteroatoms. The molecular formula is C7H16N2O2S. The fourth-order valence-corrected chi connectivity index (χ4v) is 3.00. The van der Waals surface area contributed by atoms with Crippen molar-refractivity contribution in [2.75, 3.05) is 25.4 Å². The molecule has 1 N–H and O–H groups in total. The first-order chi connectivity index (χ1) is 5.54. The molecule has 12 heavy (non-hydrogen) atoms. The number of rotatable bonds is 1. The minimum Gasteiger partial charge on any atom is -0.314 e. The molecule has 4 nitrogen and oxygen atoms in total. The fourth-order valence-electron chi connectivity index (χ4n) is 1.35. The largest absolute Gasteiger partial charge is 0.314 e. The predicted molar refractivity (Wildman–Crippen MR) is 48.5 cm³/mol. The third-order valence-corrected chi connectivity index (χ3v) is 4.02.